The van der Waals surface area contributed by atoms with E-state index in [1.807, 2.05) is 30.3 Å². The first-order valence-electron chi connectivity index (χ1n) is 9.05. The van der Waals surface area contributed by atoms with Crippen LogP contribution in [0.2, 0.25) is 0 Å². The van der Waals surface area contributed by atoms with Gasteiger partial charge >= 0.3 is 0 Å². The van der Waals surface area contributed by atoms with Crippen molar-refractivity contribution in [1.29, 1.82) is 0 Å². The zero-order valence-corrected chi connectivity index (χ0v) is 17.1. The Balaban J connectivity index is 1.42. The molecule has 2 aromatic carbocycles. The van der Waals surface area contributed by atoms with E-state index in [1.54, 1.807) is 46.6 Å². The van der Waals surface area contributed by atoms with Crippen molar-refractivity contribution in [2.75, 3.05) is 6.54 Å². The van der Waals surface area contributed by atoms with Crippen LogP contribution < -0.4 is 4.72 Å². The molecule has 2 heterocycles. The molecule has 0 spiro atoms. The van der Waals surface area contributed by atoms with Crippen LogP contribution in [0.1, 0.15) is 11.4 Å². The SMILES string of the molecule is O=S(=O)(NCCc1nnc2ccc(SCc3ccccc3)nn12)c1ccccc1. The van der Waals surface area contributed by atoms with Gasteiger partial charge in [-0.2, -0.15) is 9.61 Å². The lowest BCUT2D eigenvalue weighted by molar-refractivity contribution is 0.580. The molecule has 0 aliphatic carbocycles. The molecule has 0 saturated heterocycles. The average Bonchev–Trinajstić information content (AvgIpc) is 3.16. The standard InChI is InChI=1S/C20H19N5O2S2/c26-29(27,17-9-5-2-6-10-17)21-14-13-19-23-22-18-11-12-20(24-25(18)19)28-15-16-7-3-1-4-8-16/h1-12,21H,13-15H2. The molecule has 0 fully saturated rings. The van der Waals surface area contributed by atoms with Gasteiger partial charge in [-0.1, -0.05) is 60.3 Å². The number of benzene rings is 2. The van der Waals surface area contributed by atoms with Gasteiger partial charge in [-0.05, 0) is 29.8 Å². The molecule has 29 heavy (non-hydrogen) atoms. The summed E-state index contributed by atoms with van der Waals surface area (Å²) in [4.78, 5) is 0.240. The van der Waals surface area contributed by atoms with E-state index in [4.69, 9.17) is 0 Å². The lowest BCUT2D eigenvalue weighted by Crippen LogP contribution is -2.26. The van der Waals surface area contributed by atoms with Crippen LogP contribution in [0.3, 0.4) is 0 Å². The molecule has 2 aromatic heterocycles. The first kappa shape index (κ1) is 19.6. The zero-order valence-electron chi connectivity index (χ0n) is 15.5. The normalized spacial score (nSPS) is 11.7. The maximum absolute atomic E-state index is 12.3. The van der Waals surface area contributed by atoms with Crippen LogP contribution in [0.5, 0.6) is 0 Å². The summed E-state index contributed by atoms with van der Waals surface area (Å²) in [6, 6.07) is 22.3. The third-order valence-corrected chi connectivity index (χ3v) is 6.69. The highest BCUT2D eigenvalue weighted by Gasteiger charge is 2.14. The number of nitrogens with zero attached hydrogens (tertiary/aromatic N) is 4. The van der Waals surface area contributed by atoms with E-state index >= 15 is 0 Å². The van der Waals surface area contributed by atoms with Crippen molar-refractivity contribution in [1.82, 2.24) is 24.5 Å². The Morgan fingerprint density at radius 2 is 1.62 bits per heavy atom. The number of hydrogen-bond donors (Lipinski definition) is 1. The molecular weight excluding hydrogens is 406 g/mol. The van der Waals surface area contributed by atoms with E-state index in [0.29, 0.717) is 17.9 Å². The number of thioether (sulfide) groups is 1. The Bertz CT molecular complexity index is 1200. The molecule has 4 aromatic rings. The van der Waals surface area contributed by atoms with Crippen molar-refractivity contribution in [3.05, 3.63) is 84.2 Å². The molecule has 0 bridgehead atoms. The second kappa shape index (κ2) is 8.73. The summed E-state index contributed by atoms with van der Waals surface area (Å²) in [5, 5.41) is 13.7. The molecule has 0 atom stereocenters. The van der Waals surface area contributed by atoms with Crippen molar-refractivity contribution in [3.63, 3.8) is 0 Å². The van der Waals surface area contributed by atoms with E-state index < -0.39 is 10.0 Å². The van der Waals surface area contributed by atoms with E-state index in [2.05, 4.69) is 32.2 Å². The van der Waals surface area contributed by atoms with Gasteiger partial charge in [-0.15, -0.1) is 10.2 Å². The maximum Gasteiger partial charge on any atom is 0.240 e. The Morgan fingerprint density at radius 3 is 2.38 bits per heavy atom. The minimum Gasteiger partial charge on any atom is -0.211 e. The Labute approximate surface area is 173 Å². The fourth-order valence-corrected chi connectivity index (χ4v) is 4.62. The summed E-state index contributed by atoms with van der Waals surface area (Å²) in [6.07, 6.45) is 0.382. The highest BCUT2D eigenvalue weighted by molar-refractivity contribution is 7.98. The summed E-state index contributed by atoms with van der Waals surface area (Å²) >= 11 is 1.63. The minimum atomic E-state index is -3.55. The Morgan fingerprint density at radius 1 is 0.897 bits per heavy atom. The third-order valence-electron chi connectivity index (χ3n) is 4.23. The molecule has 0 saturated carbocycles. The van der Waals surface area contributed by atoms with Gasteiger partial charge in [0.2, 0.25) is 10.0 Å². The third kappa shape index (κ3) is 4.81. The van der Waals surface area contributed by atoms with Crippen LogP contribution in [0, 0.1) is 0 Å². The summed E-state index contributed by atoms with van der Waals surface area (Å²) in [5.74, 6) is 1.42. The molecule has 0 radical (unpaired) electrons. The number of aromatic nitrogens is 4. The fraction of sp³-hybridized carbons (Fsp3) is 0.150. The minimum absolute atomic E-state index is 0.209. The molecule has 4 rings (SSSR count). The van der Waals surface area contributed by atoms with Crippen molar-refractivity contribution < 1.29 is 8.42 Å². The molecule has 9 heteroatoms. The van der Waals surface area contributed by atoms with Crippen molar-refractivity contribution >= 4 is 27.4 Å². The van der Waals surface area contributed by atoms with Crippen LogP contribution in [0.25, 0.3) is 5.65 Å². The maximum atomic E-state index is 12.3. The van der Waals surface area contributed by atoms with Crippen molar-refractivity contribution in [2.24, 2.45) is 0 Å². The van der Waals surface area contributed by atoms with Crippen LogP contribution in [0.15, 0.2) is 82.7 Å². The molecule has 0 aliphatic heterocycles. The van der Waals surface area contributed by atoms with E-state index in [9.17, 15) is 8.42 Å². The smallest absolute Gasteiger partial charge is 0.211 e. The van der Waals surface area contributed by atoms with Gasteiger partial charge in [0.05, 0.1) is 4.90 Å². The molecule has 0 unspecified atom stereocenters. The fourth-order valence-electron chi connectivity index (χ4n) is 2.76. The topological polar surface area (TPSA) is 89.2 Å². The largest absolute Gasteiger partial charge is 0.240 e. The predicted molar refractivity (Wildman–Crippen MR) is 112 cm³/mol. The number of hydrogen-bond acceptors (Lipinski definition) is 6. The van der Waals surface area contributed by atoms with Crippen LogP contribution >= 0.6 is 11.8 Å². The Hall–Kier alpha value is -2.75. The summed E-state index contributed by atoms with van der Waals surface area (Å²) in [6.45, 7) is 0.209. The van der Waals surface area contributed by atoms with Gasteiger partial charge in [0.15, 0.2) is 11.5 Å². The monoisotopic (exact) mass is 425 g/mol. The van der Waals surface area contributed by atoms with E-state index in [1.165, 1.54) is 5.56 Å². The summed E-state index contributed by atoms with van der Waals surface area (Å²) < 4.78 is 28.9. The molecular formula is C20H19N5O2S2. The predicted octanol–water partition coefficient (Wildman–Crippen LogP) is 2.94. The van der Waals surface area contributed by atoms with E-state index in [-0.39, 0.29) is 11.4 Å². The van der Waals surface area contributed by atoms with Gasteiger partial charge in [0.1, 0.15) is 5.03 Å². The van der Waals surface area contributed by atoms with Crippen molar-refractivity contribution in [2.45, 2.75) is 22.1 Å². The second-order valence-electron chi connectivity index (χ2n) is 6.29. The number of sulfonamides is 1. The second-order valence-corrected chi connectivity index (χ2v) is 9.06. The molecule has 148 valence electrons. The molecule has 0 aliphatic rings. The number of nitrogens with one attached hydrogen (secondary N) is 1. The molecule has 1 N–H and O–H groups in total. The van der Waals surface area contributed by atoms with Crippen molar-refractivity contribution in [3.8, 4) is 0 Å². The van der Waals surface area contributed by atoms with E-state index in [0.717, 1.165) is 10.8 Å². The quantitative estimate of drug-likeness (QED) is 0.437. The summed E-state index contributed by atoms with van der Waals surface area (Å²) in [7, 11) is -3.55. The highest BCUT2D eigenvalue weighted by atomic mass is 32.2. The first-order chi connectivity index (χ1) is 14.1. The van der Waals surface area contributed by atoms with Gasteiger partial charge in [0, 0.05) is 18.7 Å². The molecule has 7 nitrogen and oxygen atoms in total. The average molecular weight is 426 g/mol. The molecule has 0 amide bonds. The van der Waals surface area contributed by atoms with Crippen LogP contribution in [-0.4, -0.2) is 34.8 Å². The first-order valence-corrected chi connectivity index (χ1v) is 11.5. The highest BCUT2D eigenvalue weighted by Crippen LogP contribution is 2.21. The lowest BCUT2D eigenvalue weighted by Gasteiger charge is -2.06. The number of fused-ring (bicyclic) bond motifs is 1. The zero-order chi connectivity index (χ0) is 20.1. The van der Waals surface area contributed by atoms with Gasteiger partial charge in [0.25, 0.3) is 0 Å². The number of rotatable bonds is 8. The lowest BCUT2D eigenvalue weighted by atomic mass is 10.2. The van der Waals surface area contributed by atoms with Gasteiger partial charge in [-0.25, -0.2) is 13.1 Å². The Kier molecular flexibility index (Phi) is 5.89. The summed E-state index contributed by atoms with van der Waals surface area (Å²) in [5.41, 5.74) is 1.86. The van der Waals surface area contributed by atoms with Gasteiger partial charge < -0.3 is 0 Å². The van der Waals surface area contributed by atoms with Crippen LogP contribution in [-0.2, 0) is 22.2 Å². The van der Waals surface area contributed by atoms with Crippen LogP contribution in [0.4, 0.5) is 0 Å². The van der Waals surface area contributed by atoms with Gasteiger partial charge in [-0.3, -0.25) is 0 Å².